The molecule has 0 radical (unpaired) electrons. The van der Waals surface area contributed by atoms with Crippen LogP contribution >= 0.6 is 11.3 Å². The lowest BCUT2D eigenvalue weighted by atomic mass is 9.95. The minimum absolute atomic E-state index is 0.0610. The molecule has 1 amide bonds. The summed E-state index contributed by atoms with van der Waals surface area (Å²) in [6, 6.07) is 12.3. The lowest BCUT2D eigenvalue weighted by Gasteiger charge is -2.28. The van der Waals surface area contributed by atoms with Crippen LogP contribution in [-0.4, -0.2) is 41.0 Å². The molecule has 4 rings (SSSR count). The molecule has 2 atom stereocenters. The van der Waals surface area contributed by atoms with Crippen molar-refractivity contribution in [1.82, 2.24) is 4.90 Å². The first-order valence-corrected chi connectivity index (χ1v) is 9.53. The highest BCUT2D eigenvalue weighted by atomic mass is 32.1. The first-order chi connectivity index (χ1) is 12.7. The number of ketones is 1. The zero-order valence-corrected chi connectivity index (χ0v) is 14.9. The fourth-order valence-corrected chi connectivity index (χ4v) is 4.28. The van der Waals surface area contributed by atoms with Crippen molar-refractivity contribution in [3.63, 3.8) is 0 Å². The number of aliphatic hydroxyl groups excluding tert-OH is 1. The Morgan fingerprint density at radius 2 is 2.04 bits per heavy atom. The molecule has 0 unspecified atom stereocenters. The predicted octanol–water partition coefficient (Wildman–Crippen LogP) is 3.51. The van der Waals surface area contributed by atoms with Crippen molar-refractivity contribution < 1.29 is 19.4 Å². The summed E-state index contributed by atoms with van der Waals surface area (Å²) in [5, 5.41) is 12.3. The highest BCUT2D eigenvalue weighted by Gasteiger charge is 2.44. The van der Waals surface area contributed by atoms with Crippen LogP contribution in [-0.2, 0) is 9.53 Å². The van der Waals surface area contributed by atoms with Gasteiger partial charge in [-0.2, -0.15) is 0 Å². The third-order valence-corrected chi connectivity index (χ3v) is 5.70. The molecule has 2 aromatic rings. The molecule has 0 spiro atoms. The molecule has 134 valence electrons. The van der Waals surface area contributed by atoms with Gasteiger partial charge in [0.05, 0.1) is 22.6 Å². The second-order valence-electron chi connectivity index (χ2n) is 6.47. The average molecular weight is 369 g/mol. The van der Waals surface area contributed by atoms with E-state index in [-0.39, 0.29) is 17.5 Å². The van der Waals surface area contributed by atoms with Crippen LogP contribution in [0.5, 0.6) is 0 Å². The van der Waals surface area contributed by atoms with Gasteiger partial charge < -0.3 is 14.7 Å². The zero-order valence-electron chi connectivity index (χ0n) is 14.1. The Hall–Kier alpha value is -2.44. The van der Waals surface area contributed by atoms with E-state index in [2.05, 4.69) is 0 Å². The Morgan fingerprint density at radius 3 is 2.69 bits per heavy atom. The van der Waals surface area contributed by atoms with E-state index in [0.29, 0.717) is 18.0 Å². The van der Waals surface area contributed by atoms with E-state index in [1.165, 1.54) is 11.3 Å². The summed E-state index contributed by atoms with van der Waals surface area (Å²) in [6.45, 7) is 1.05. The second-order valence-corrected chi connectivity index (χ2v) is 7.42. The van der Waals surface area contributed by atoms with Gasteiger partial charge in [-0.15, -0.1) is 11.3 Å². The van der Waals surface area contributed by atoms with Gasteiger partial charge in [-0.05, 0) is 29.9 Å². The number of amides is 1. The van der Waals surface area contributed by atoms with Crippen molar-refractivity contribution >= 4 is 23.0 Å². The maximum atomic E-state index is 13.0. The Morgan fingerprint density at radius 1 is 1.23 bits per heavy atom. The van der Waals surface area contributed by atoms with Gasteiger partial charge in [-0.25, -0.2) is 0 Å². The van der Waals surface area contributed by atoms with Gasteiger partial charge in [0.15, 0.2) is 5.76 Å². The van der Waals surface area contributed by atoms with Gasteiger partial charge in [-0.1, -0.05) is 36.4 Å². The van der Waals surface area contributed by atoms with Crippen LogP contribution in [0.15, 0.2) is 59.2 Å². The van der Waals surface area contributed by atoms with Crippen molar-refractivity contribution in [2.75, 3.05) is 13.2 Å². The highest BCUT2D eigenvalue weighted by Crippen LogP contribution is 2.40. The molecule has 3 heterocycles. The SMILES string of the molecule is O=C(C1=C(O)C(=O)N(C[C@@H]2CCCO2)[C@H]1c1ccccc1)c1cccs1. The Bertz CT molecular complexity index is 838. The zero-order chi connectivity index (χ0) is 18.1. The number of ether oxygens (including phenoxy) is 1. The van der Waals surface area contributed by atoms with Crippen molar-refractivity contribution in [1.29, 1.82) is 0 Å². The fraction of sp³-hybridized carbons (Fsp3) is 0.300. The molecule has 1 fully saturated rings. The van der Waals surface area contributed by atoms with Crippen LogP contribution in [0, 0.1) is 0 Å². The minimum Gasteiger partial charge on any atom is -0.503 e. The molecule has 0 saturated carbocycles. The third-order valence-electron chi connectivity index (χ3n) is 4.83. The summed E-state index contributed by atoms with van der Waals surface area (Å²) in [6.07, 6.45) is 1.78. The summed E-state index contributed by atoms with van der Waals surface area (Å²) in [5.74, 6) is -1.25. The van der Waals surface area contributed by atoms with Gasteiger partial charge in [0.25, 0.3) is 5.91 Å². The number of carbonyl (C=O) groups is 2. The van der Waals surface area contributed by atoms with Crippen LogP contribution in [0.2, 0.25) is 0 Å². The lowest BCUT2D eigenvalue weighted by Crippen LogP contribution is -2.37. The Labute approximate surface area is 155 Å². The number of nitrogens with zero attached hydrogens (tertiary/aromatic N) is 1. The second kappa shape index (κ2) is 7.05. The van der Waals surface area contributed by atoms with Crippen LogP contribution in [0.1, 0.15) is 34.1 Å². The molecule has 0 bridgehead atoms. The number of hydrogen-bond donors (Lipinski definition) is 1. The Kier molecular flexibility index (Phi) is 4.61. The lowest BCUT2D eigenvalue weighted by molar-refractivity contribution is -0.131. The molecule has 2 aliphatic heterocycles. The van der Waals surface area contributed by atoms with E-state index in [9.17, 15) is 14.7 Å². The number of hydrogen-bond acceptors (Lipinski definition) is 5. The number of Topliss-reactive ketones (excluding diaryl/α,β-unsaturated/α-hetero) is 1. The van der Waals surface area contributed by atoms with Crippen molar-refractivity contribution in [2.24, 2.45) is 0 Å². The summed E-state index contributed by atoms with van der Waals surface area (Å²) in [4.78, 5) is 27.9. The molecule has 1 saturated heterocycles. The highest BCUT2D eigenvalue weighted by molar-refractivity contribution is 7.12. The molecular weight excluding hydrogens is 350 g/mol. The smallest absolute Gasteiger partial charge is 0.290 e. The van der Waals surface area contributed by atoms with Crippen LogP contribution in [0.25, 0.3) is 0 Å². The Balaban J connectivity index is 1.74. The third kappa shape index (κ3) is 2.95. The predicted molar refractivity (Wildman–Crippen MR) is 98.2 cm³/mol. The largest absolute Gasteiger partial charge is 0.503 e. The van der Waals surface area contributed by atoms with Crippen molar-refractivity contribution in [3.05, 3.63) is 69.6 Å². The topological polar surface area (TPSA) is 66.8 Å². The molecule has 26 heavy (non-hydrogen) atoms. The van der Waals surface area contributed by atoms with Crippen LogP contribution in [0.4, 0.5) is 0 Å². The maximum Gasteiger partial charge on any atom is 0.290 e. The van der Waals surface area contributed by atoms with E-state index in [1.54, 1.807) is 17.0 Å². The molecule has 1 N–H and O–H groups in total. The van der Waals surface area contributed by atoms with E-state index in [4.69, 9.17) is 4.74 Å². The summed E-state index contributed by atoms with van der Waals surface area (Å²) in [5.41, 5.74) is 0.962. The molecule has 6 heteroatoms. The normalized spacial score (nSPS) is 23.1. The summed E-state index contributed by atoms with van der Waals surface area (Å²) >= 11 is 1.30. The number of aliphatic hydroxyl groups is 1. The molecular formula is C20H19NO4S. The van der Waals surface area contributed by atoms with Gasteiger partial charge >= 0.3 is 0 Å². The van der Waals surface area contributed by atoms with Gasteiger partial charge in [-0.3, -0.25) is 9.59 Å². The molecule has 0 aliphatic carbocycles. The van der Waals surface area contributed by atoms with Gasteiger partial charge in [0.2, 0.25) is 5.78 Å². The first kappa shape index (κ1) is 17.0. The van der Waals surface area contributed by atoms with Crippen LogP contribution in [0.3, 0.4) is 0 Å². The summed E-state index contributed by atoms with van der Waals surface area (Å²) < 4.78 is 5.67. The first-order valence-electron chi connectivity index (χ1n) is 8.65. The number of benzene rings is 1. The summed E-state index contributed by atoms with van der Waals surface area (Å²) in [7, 11) is 0. The van der Waals surface area contributed by atoms with E-state index >= 15 is 0 Å². The molecule has 1 aromatic heterocycles. The standard InChI is InChI=1S/C20H19NO4S/c22-18(15-9-5-11-26-15)16-17(13-6-2-1-3-7-13)21(20(24)19(16)23)12-14-8-4-10-25-14/h1-3,5-7,9,11,14,17,23H,4,8,10,12H2/t14-,17-/m0/s1. The van der Waals surface area contributed by atoms with Gasteiger partial charge in [0.1, 0.15) is 0 Å². The van der Waals surface area contributed by atoms with Crippen molar-refractivity contribution in [2.45, 2.75) is 25.0 Å². The molecule has 5 nitrogen and oxygen atoms in total. The number of carbonyl (C=O) groups excluding carboxylic acids is 2. The van der Waals surface area contributed by atoms with E-state index < -0.39 is 17.7 Å². The minimum atomic E-state index is -0.595. The van der Waals surface area contributed by atoms with Crippen LogP contribution < -0.4 is 0 Å². The maximum absolute atomic E-state index is 13.0. The number of rotatable bonds is 5. The van der Waals surface area contributed by atoms with Gasteiger partial charge in [0, 0.05) is 13.2 Å². The van der Waals surface area contributed by atoms with E-state index in [0.717, 1.165) is 18.4 Å². The quantitative estimate of drug-likeness (QED) is 0.819. The molecule has 2 aliphatic rings. The average Bonchev–Trinajstić information content (AvgIpc) is 3.40. The number of thiophene rings is 1. The molecule has 1 aromatic carbocycles. The monoisotopic (exact) mass is 369 g/mol. The fourth-order valence-electron chi connectivity index (χ4n) is 3.60. The van der Waals surface area contributed by atoms with E-state index in [1.807, 2.05) is 35.7 Å². The van der Waals surface area contributed by atoms with Crippen molar-refractivity contribution in [3.8, 4) is 0 Å².